The zero-order chi connectivity index (χ0) is 16.3. The van der Waals surface area contributed by atoms with Crippen molar-refractivity contribution in [2.24, 2.45) is 11.3 Å². The molecule has 4 nitrogen and oxygen atoms in total. The van der Waals surface area contributed by atoms with Gasteiger partial charge in [0.05, 0.1) is 6.61 Å². The van der Waals surface area contributed by atoms with Crippen LogP contribution in [-0.2, 0) is 14.3 Å². The van der Waals surface area contributed by atoms with Crippen LogP contribution in [0.5, 0.6) is 0 Å². The number of hydrogen-bond donors (Lipinski definition) is 1. The van der Waals surface area contributed by atoms with Crippen LogP contribution in [0.3, 0.4) is 0 Å². The Kier molecular flexibility index (Phi) is 10.6. The fourth-order valence-corrected chi connectivity index (χ4v) is 2.61. The lowest BCUT2D eigenvalue weighted by atomic mass is 9.80. The molecule has 124 valence electrons. The zero-order valence-corrected chi connectivity index (χ0v) is 15.0. The van der Waals surface area contributed by atoms with Crippen molar-refractivity contribution in [3.8, 4) is 0 Å². The van der Waals surface area contributed by atoms with E-state index in [0.717, 1.165) is 12.8 Å². The third kappa shape index (κ3) is 9.02. The molecule has 0 saturated heterocycles. The molecule has 5 heteroatoms. The van der Waals surface area contributed by atoms with Crippen LogP contribution in [0.25, 0.3) is 0 Å². The van der Waals surface area contributed by atoms with Crippen LogP contribution in [0.2, 0.25) is 0 Å². The van der Waals surface area contributed by atoms with Gasteiger partial charge in [0, 0.05) is 6.54 Å². The van der Waals surface area contributed by atoms with Gasteiger partial charge in [-0.15, -0.1) is 0 Å². The van der Waals surface area contributed by atoms with Crippen LogP contribution in [0.15, 0.2) is 0 Å². The summed E-state index contributed by atoms with van der Waals surface area (Å²) in [5.74, 6) is -0.192. The highest BCUT2D eigenvalue weighted by Crippen LogP contribution is 2.27. The Bertz CT molecular complexity index is 313. The number of unbranched alkanes of at least 4 members (excludes halogenated alkanes) is 3. The molecule has 0 aliphatic carbocycles. The monoisotopic (exact) mass is 317 g/mol. The number of amides is 1. The van der Waals surface area contributed by atoms with Crippen LogP contribution in [0.1, 0.15) is 53.4 Å². The molecule has 0 aromatic heterocycles. The Morgan fingerprint density at radius 1 is 1.14 bits per heavy atom. The van der Waals surface area contributed by atoms with E-state index in [-0.39, 0.29) is 5.91 Å². The lowest BCUT2D eigenvalue weighted by Gasteiger charge is -2.27. The van der Waals surface area contributed by atoms with Gasteiger partial charge in [-0.1, -0.05) is 33.6 Å². The largest absolute Gasteiger partial charge is 0.465 e. The minimum absolute atomic E-state index is 0.218. The van der Waals surface area contributed by atoms with Crippen molar-refractivity contribution in [1.29, 1.82) is 0 Å². The number of carbonyl (C=O) groups excluding carboxylic acids is 2. The van der Waals surface area contributed by atoms with Gasteiger partial charge in [-0.25, -0.2) is 0 Å². The summed E-state index contributed by atoms with van der Waals surface area (Å²) in [5.41, 5.74) is -0.436. The maximum atomic E-state index is 12.2. The van der Waals surface area contributed by atoms with Crippen LogP contribution >= 0.6 is 11.8 Å². The average molecular weight is 317 g/mol. The molecule has 21 heavy (non-hydrogen) atoms. The second-order valence-electron chi connectivity index (χ2n) is 6.25. The molecule has 1 unspecified atom stereocenters. The van der Waals surface area contributed by atoms with Crippen molar-refractivity contribution in [1.82, 2.24) is 5.32 Å². The highest BCUT2D eigenvalue weighted by Gasteiger charge is 2.38. The predicted octanol–water partition coefficient (Wildman–Crippen LogP) is 3.25. The highest BCUT2D eigenvalue weighted by molar-refractivity contribution is 7.98. The molecule has 0 aliphatic heterocycles. The summed E-state index contributed by atoms with van der Waals surface area (Å²) in [4.78, 5) is 24.2. The van der Waals surface area contributed by atoms with E-state index >= 15 is 0 Å². The topological polar surface area (TPSA) is 55.4 Å². The summed E-state index contributed by atoms with van der Waals surface area (Å²) >= 11 is 1.86. The predicted molar refractivity (Wildman–Crippen MR) is 89.4 cm³/mol. The van der Waals surface area contributed by atoms with Crippen LogP contribution in [0, 0.1) is 11.3 Å². The highest BCUT2D eigenvalue weighted by atomic mass is 32.2. The normalized spacial score (nSPS) is 12.8. The van der Waals surface area contributed by atoms with E-state index in [9.17, 15) is 9.59 Å². The van der Waals surface area contributed by atoms with E-state index in [1.807, 2.05) is 32.5 Å². The molecular weight excluding hydrogens is 286 g/mol. The van der Waals surface area contributed by atoms with E-state index in [2.05, 4.69) is 11.6 Å². The van der Waals surface area contributed by atoms with Crippen molar-refractivity contribution in [3.63, 3.8) is 0 Å². The maximum Gasteiger partial charge on any atom is 0.319 e. The molecule has 0 fully saturated rings. The average Bonchev–Trinajstić information content (AvgIpc) is 2.36. The smallest absolute Gasteiger partial charge is 0.319 e. The van der Waals surface area contributed by atoms with Gasteiger partial charge in [-0.05, 0) is 37.2 Å². The van der Waals surface area contributed by atoms with Gasteiger partial charge in [-0.2, -0.15) is 11.8 Å². The second kappa shape index (κ2) is 10.9. The molecule has 0 bridgehead atoms. The lowest BCUT2D eigenvalue weighted by molar-refractivity contribution is -0.156. The number of rotatable bonds is 10. The standard InChI is InChI=1S/C16H31NO3S/c1-6-20-15(19)13(16(2,3)4)14(18)17-11-9-7-8-10-12-21-5/h13H,6-12H2,1-5H3,(H,17,18). The summed E-state index contributed by atoms with van der Waals surface area (Å²) in [5, 5.41) is 2.87. The Morgan fingerprint density at radius 2 is 1.76 bits per heavy atom. The van der Waals surface area contributed by atoms with E-state index in [0.29, 0.717) is 13.2 Å². The first-order valence-corrected chi connectivity index (χ1v) is 9.17. The van der Waals surface area contributed by atoms with Crippen molar-refractivity contribution in [3.05, 3.63) is 0 Å². The third-order valence-electron chi connectivity index (χ3n) is 3.22. The molecule has 0 aromatic carbocycles. The summed E-state index contributed by atoms with van der Waals surface area (Å²) < 4.78 is 5.02. The van der Waals surface area contributed by atoms with Gasteiger partial charge in [0.2, 0.25) is 5.91 Å². The van der Waals surface area contributed by atoms with Gasteiger partial charge in [0.1, 0.15) is 5.92 Å². The van der Waals surface area contributed by atoms with E-state index < -0.39 is 17.3 Å². The van der Waals surface area contributed by atoms with Gasteiger partial charge < -0.3 is 10.1 Å². The fraction of sp³-hybridized carbons (Fsp3) is 0.875. The Hall–Kier alpha value is -0.710. The first-order valence-electron chi connectivity index (χ1n) is 7.77. The Labute approximate surface area is 133 Å². The van der Waals surface area contributed by atoms with E-state index in [4.69, 9.17) is 4.74 Å². The van der Waals surface area contributed by atoms with Crippen LogP contribution in [-0.4, -0.2) is 37.0 Å². The number of ether oxygens (including phenoxy) is 1. The summed E-state index contributed by atoms with van der Waals surface area (Å²) in [6.07, 6.45) is 6.60. The van der Waals surface area contributed by atoms with Crippen molar-refractivity contribution in [2.75, 3.05) is 25.2 Å². The fourth-order valence-electron chi connectivity index (χ4n) is 2.12. The number of thioether (sulfide) groups is 1. The molecule has 0 aliphatic rings. The molecule has 0 heterocycles. The molecular formula is C16H31NO3S. The summed E-state index contributed by atoms with van der Waals surface area (Å²) in [6.45, 7) is 8.34. The summed E-state index contributed by atoms with van der Waals surface area (Å²) in [6, 6.07) is 0. The van der Waals surface area contributed by atoms with Crippen molar-refractivity contribution in [2.45, 2.75) is 53.4 Å². The molecule has 0 saturated carbocycles. The van der Waals surface area contributed by atoms with Gasteiger partial charge in [-0.3, -0.25) is 9.59 Å². The number of nitrogens with one attached hydrogen (secondary N) is 1. The van der Waals surface area contributed by atoms with E-state index in [1.54, 1.807) is 6.92 Å². The first kappa shape index (κ1) is 20.3. The molecule has 0 radical (unpaired) electrons. The zero-order valence-electron chi connectivity index (χ0n) is 14.2. The number of hydrogen-bond acceptors (Lipinski definition) is 4. The summed E-state index contributed by atoms with van der Waals surface area (Å²) in [7, 11) is 0. The molecule has 0 aromatic rings. The third-order valence-corrected chi connectivity index (χ3v) is 3.92. The second-order valence-corrected chi connectivity index (χ2v) is 7.23. The Morgan fingerprint density at radius 3 is 2.29 bits per heavy atom. The molecule has 0 spiro atoms. The van der Waals surface area contributed by atoms with E-state index in [1.165, 1.54) is 18.6 Å². The lowest BCUT2D eigenvalue weighted by Crippen LogP contribution is -2.43. The van der Waals surface area contributed by atoms with Crippen LogP contribution < -0.4 is 5.32 Å². The number of carbonyl (C=O) groups is 2. The van der Waals surface area contributed by atoms with Crippen LogP contribution in [0.4, 0.5) is 0 Å². The number of esters is 1. The van der Waals surface area contributed by atoms with Gasteiger partial charge in [0.15, 0.2) is 0 Å². The molecule has 1 atom stereocenters. The van der Waals surface area contributed by atoms with Crippen molar-refractivity contribution >= 4 is 23.6 Å². The first-order chi connectivity index (χ1) is 9.84. The van der Waals surface area contributed by atoms with Crippen molar-refractivity contribution < 1.29 is 14.3 Å². The maximum absolute atomic E-state index is 12.2. The van der Waals surface area contributed by atoms with Gasteiger partial charge >= 0.3 is 5.97 Å². The SMILES string of the molecule is CCOC(=O)C(C(=O)NCCCCCCSC)C(C)(C)C. The minimum atomic E-state index is -0.742. The Balaban J connectivity index is 4.16. The molecule has 1 amide bonds. The molecule has 0 rings (SSSR count). The van der Waals surface area contributed by atoms with Gasteiger partial charge in [0.25, 0.3) is 0 Å². The molecule has 1 N–H and O–H groups in total. The quantitative estimate of drug-likeness (QED) is 0.382. The minimum Gasteiger partial charge on any atom is -0.465 e.